The Morgan fingerprint density at radius 2 is 1.81 bits per heavy atom. The van der Waals surface area contributed by atoms with Gasteiger partial charge < -0.3 is 5.73 Å². The lowest BCUT2D eigenvalue weighted by molar-refractivity contribution is -0.137. The standard InChI is InChI=1S/C10H7F3N2S/c11-10(12,13)7-3-1-6(2-4-7)8(5-14)9(15)16/h1-4,8H,(H2,15,16). The second-order valence-electron chi connectivity index (χ2n) is 3.08. The molecule has 0 spiro atoms. The molecule has 0 bridgehead atoms. The van der Waals surface area contributed by atoms with Crippen LogP contribution in [0.25, 0.3) is 0 Å². The summed E-state index contributed by atoms with van der Waals surface area (Å²) in [5, 5.41) is 8.74. The molecular weight excluding hydrogens is 237 g/mol. The van der Waals surface area contributed by atoms with Gasteiger partial charge in [0.25, 0.3) is 0 Å². The molecule has 0 fully saturated rings. The predicted molar refractivity (Wildman–Crippen MR) is 56.6 cm³/mol. The molecule has 0 aliphatic heterocycles. The highest BCUT2D eigenvalue weighted by atomic mass is 32.1. The number of nitriles is 1. The van der Waals surface area contributed by atoms with Gasteiger partial charge in [0.2, 0.25) is 0 Å². The van der Waals surface area contributed by atoms with Crippen LogP contribution in [0.15, 0.2) is 24.3 Å². The fourth-order valence-electron chi connectivity index (χ4n) is 1.17. The van der Waals surface area contributed by atoms with Crippen molar-refractivity contribution in [3.8, 4) is 6.07 Å². The molecule has 0 aliphatic carbocycles. The molecule has 1 aromatic rings. The van der Waals surface area contributed by atoms with E-state index in [0.717, 1.165) is 12.1 Å². The van der Waals surface area contributed by atoms with E-state index in [4.69, 9.17) is 11.0 Å². The van der Waals surface area contributed by atoms with E-state index < -0.39 is 17.7 Å². The lowest BCUT2D eigenvalue weighted by Crippen LogP contribution is -2.18. The third-order valence-electron chi connectivity index (χ3n) is 1.98. The van der Waals surface area contributed by atoms with Crippen LogP contribution in [0.4, 0.5) is 13.2 Å². The van der Waals surface area contributed by atoms with Crippen molar-refractivity contribution in [1.29, 1.82) is 5.26 Å². The highest BCUT2D eigenvalue weighted by molar-refractivity contribution is 7.80. The topological polar surface area (TPSA) is 49.8 Å². The summed E-state index contributed by atoms with van der Waals surface area (Å²) in [4.78, 5) is -0.0535. The van der Waals surface area contributed by atoms with Crippen LogP contribution in [0.2, 0.25) is 0 Å². The largest absolute Gasteiger partial charge is 0.416 e. The van der Waals surface area contributed by atoms with Crippen molar-refractivity contribution in [2.75, 3.05) is 0 Å². The second-order valence-corrected chi connectivity index (χ2v) is 3.56. The fourth-order valence-corrected chi connectivity index (χ4v) is 1.36. The number of hydrogen-bond acceptors (Lipinski definition) is 2. The lowest BCUT2D eigenvalue weighted by atomic mass is 9.99. The lowest BCUT2D eigenvalue weighted by Gasteiger charge is -2.10. The first kappa shape index (κ1) is 12.5. The van der Waals surface area contributed by atoms with E-state index in [1.54, 1.807) is 0 Å². The predicted octanol–water partition coefficient (Wildman–Crippen LogP) is 2.60. The molecule has 0 amide bonds. The van der Waals surface area contributed by atoms with Gasteiger partial charge in [-0.05, 0) is 17.7 Å². The molecule has 84 valence electrons. The molecule has 0 saturated carbocycles. The van der Waals surface area contributed by atoms with Gasteiger partial charge in [-0.25, -0.2) is 0 Å². The van der Waals surface area contributed by atoms with Crippen LogP contribution in [-0.4, -0.2) is 4.99 Å². The van der Waals surface area contributed by atoms with Crippen LogP contribution in [0.3, 0.4) is 0 Å². The van der Waals surface area contributed by atoms with Crippen molar-refractivity contribution in [2.24, 2.45) is 5.73 Å². The number of alkyl halides is 3. The molecule has 0 heterocycles. The van der Waals surface area contributed by atoms with Gasteiger partial charge in [-0.3, -0.25) is 0 Å². The van der Waals surface area contributed by atoms with E-state index in [-0.39, 0.29) is 4.99 Å². The van der Waals surface area contributed by atoms with Gasteiger partial charge in [-0.2, -0.15) is 18.4 Å². The average molecular weight is 244 g/mol. The summed E-state index contributed by atoms with van der Waals surface area (Å²) in [5.41, 5.74) is 4.89. The zero-order chi connectivity index (χ0) is 12.3. The van der Waals surface area contributed by atoms with E-state index in [0.29, 0.717) is 5.56 Å². The van der Waals surface area contributed by atoms with Crippen LogP contribution < -0.4 is 5.73 Å². The van der Waals surface area contributed by atoms with Gasteiger partial charge in [0.1, 0.15) is 5.92 Å². The first-order valence-corrected chi connectivity index (χ1v) is 4.63. The Bertz CT molecular complexity index is 431. The van der Waals surface area contributed by atoms with Crippen molar-refractivity contribution in [1.82, 2.24) is 0 Å². The van der Waals surface area contributed by atoms with Crippen molar-refractivity contribution < 1.29 is 13.2 Å². The Morgan fingerprint density at radius 1 is 1.31 bits per heavy atom. The van der Waals surface area contributed by atoms with Gasteiger partial charge in [0.05, 0.1) is 16.6 Å². The van der Waals surface area contributed by atoms with E-state index in [2.05, 4.69) is 12.2 Å². The summed E-state index contributed by atoms with van der Waals surface area (Å²) in [6, 6.07) is 6.04. The third kappa shape index (κ3) is 2.70. The maximum Gasteiger partial charge on any atom is 0.416 e. The Kier molecular flexibility index (Phi) is 3.50. The number of nitrogens with two attached hydrogens (primary N) is 1. The number of hydrogen-bond donors (Lipinski definition) is 1. The minimum atomic E-state index is -4.39. The highest BCUT2D eigenvalue weighted by Crippen LogP contribution is 2.30. The number of rotatable bonds is 2. The maximum atomic E-state index is 12.2. The molecule has 1 atom stereocenters. The second kappa shape index (κ2) is 4.49. The summed E-state index contributed by atoms with van der Waals surface area (Å²) in [6.45, 7) is 0. The van der Waals surface area contributed by atoms with E-state index in [1.807, 2.05) is 6.07 Å². The van der Waals surface area contributed by atoms with Gasteiger partial charge in [-0.1, -0.05) is 24.4 Å². The third-order valence-corrected chi connectivity index (χ3v) is 2.22. The SMILES string of the molecule is N#CC(C(N)=S)c1ccc(C(F)(F)F)cc1. The van der Waals surface area contributed by atoms with Crippen LogP contribution in [0.1, 0.15) is 17.0 Å². The first-order chi connectivity index (χ1) is 7.36. The van der Waals surface area contributed by atoms with E-state index in [9.17, 15) is 13.2 Å². The van der Waals surface area contributed by atoms with Crippen molar-refractivity contribution in [3.05, 3.63) is 35.4 Å². The van der Waals surface area contributed by atoms with Gasteiger partial charge in [0, 0.05) is 0 Å². The van der Waals surface area contributed by atoms with Crippen molar-refractivity contribution in [3.63, 3.8) is 0 Å². The molecule has 0 saturated heterocycles. The van der Waals surface area contributed by atoms with Crippen molar-refractivity contribution >= 4 is 17.2 Å². The highest BCUT2D eigenvalue weighted by Gasteiger charge is 2.30. The van der Waals surface area contributed by atoms with Crippen LogP contribution in [0.5, 0.6) is 0 Å². The number of benzene rings is 1. The smallest absolute Gasteiger partial charge is 0.392 e. The molecule has 2 N–H and O–H groups in total. The van der Waals surface area contributed by atoms with Gasteiger partial charge >= 0.3 is 6.18 Å². The molecule has 0 radical (unpaired) electrons. The average Bonchev–Trinajstić information content (AvgIpc) is 2.17. The minimum Gasteiger partial charge on any atom is -0.392 e. The molecule has 0 aromatic heterocycles. The number of thiocarbonyl (C=S) groups is 1. The normalized spacial score (nSPS) is 12.9. The van der Waals surface area contributed by atoms with Gasteiger partial charge in [0.15, 0.2) is 0 Å². The Hall–Kier alpha value is -1.61. The number of nitrogens with zero attached hydrogens (tertiary/aromatic N) is 1. The molecule has 6 heteroatoms. The summed E-state index contributed by atoms with van der Waals surface area (Å²) in [5.74, 6) is -0.850. The Labute approximate surface area is 95.5 Å². The summed E-state index contributed by atoms with van der Waals surface area (Å²) < 4.78 is 36.7. The Morgan fingerprint density at radius 3 is 2.12 bits per heavy atom. The minimum absolute atomic E-state index is 0.0535. The van der Waals surface area contributed by atoms with Crippen LogP contribution in [0, 0.1) is 11.3 Å². The van der Waals surface area contributed by atoms with Crippen LogP contribution >= 0.6 is 12.2 Å². The van der Waals surface area contributed by atoms with E-state index >= 15 is 0 Å². The quantitative estimate of drug-likeness (QED) is 0.813. The zero-order valence-electron chi connectivity index (χ0n) is 7.95. The maximum absolute atomic E-state index is 12.2. The first-order valence-electron chi connectivity index (χ1n) is 4.22. The molecule has 1 aromatic carbocycles. The summed E-state index contributed by atoms with van der Waals surface area (Å²) in [7, 11) is 0. The molecular formula is C10H7F3N2S. The summed E-state index contributed by atoms with van der Waals surface area (Å²) in [6.07, 6.45) is -4.39. The zero-order valence-corrected chi connectivity index (χ0v) is 8.77. The molecule has 0 aliphatic rings. The molecule has 1 unspecified atom stereocenters. The monoisotopic (exact) mass is 244 g/mol. The van der Waals surface area contributed by atoms with E-state index in [1.165, 1.54) is 12.1 Å². The number of halogens is 3. The molecule has 16 heavy (non-hydrogen) atoms. The molecule has 1 rings (SSSR count). The Balaban J connectivity index is 3.04. The fraction of sp³-hybridized carbons (Fsp3) is 0.200. The van der Waals surface area contributed by atoms with Crippen LogP contribution in [-0.2, 0) is 6.18 Å². The van der Waals surface area contributed by atoms with Gasteiger partial charge in [-0.15, -0.1) is 0 Å². The van der Waals surface area contributed by atoms with Crippen molar-refractivity contribution in [2.45, 2.75) is 12.1 Å². The molecule has 2 nitrogen and oxygen atoms in total. The summed E-state index contributed by atoms with van der Waals surface area (Å²) >= 11 is 4.64.